The second kappa shape index (κ2) is 27.0. The largest absolute Gasteiger partial charge is 0.505 e. The second-order valence-corrected chi connectivity index (χ2v) is 35.3. The van der Waals surface area contributed by atoms with Gasteiger partial charge in [0.25, 0.3) is 0 Å². The summed E-state index contributed by atoms with van der Waals surface area (Å²) in [6.45, 7) is 52.7. The first kappa shape index (κ1) is 76.4. The van der Waals surface area contributed by atoms with Crippen LogP contribution in [0.2, 0.25) is 10.0 Å². The van der Waals surface area contributed by atoms with E-state index in [1.54, 1.807) is 0 Å². The summed E-state index contributed by atoms with van der Waals surface area (Å²) in [5.41, 5.74) is 15.3. The van der Waals surface area contributed by atoms with Crippen LogP contribution in [0.4, 0.5) is 0 Å². The summed E-state index contributed by atoms with van der Waals surface area (Å²) in [6.07, 6.45) is 2.31. The van der Waals surface area contributed by atoms with E-state index < -0.39 is 0 Å². The van der Waals surface area contributed by atoms with Crippen LogP contribution in [0, 0.1) is 32.6 Å². The number of benzene rings is 8. The number of aromatic hydroxyl groups is 2. The minimum absolute atomic E-state index is 0. The molecule has 0 saturated heterocycles. The van der Waals surface area contributed by atoms with E-state index >= 15 is 0 Å². The standard InChI is InChI=1S/C84H102Cl2N2O4.2CH3.Hf/c1-50-37-58(86)47-66(65-43-56(84(22,23)49-78(5,6)7)45-72(75(65)90)88-69-32-27-53(81(14,15)16)40-61(69)62-41-54(82(17,18)19)28-33-70(62)88)76(50)92-36-24-35-91-73-34-29-57(85)46-63(73)64-42-55(83(20,21)48-77(2,3)4)44-71(74(64)89)87-67-30-25-51(79(8,9)10)38-59(67)60-39-52(80(11,12)13)26-31-68(60)87;;;/h25-34,37-47,89-90H,24,35-36,48-49H2,1-23H3;2*1H3;/q;2*-1;. The Balaban J connectivity index is 0.00000425. The number of fused-ring (bicyclic) bond motifs is 6. The van der Waals surface area contributed by atoms with E-state index in [4.69, 9.17) is 32.7 Å². The Hall–Kier alpha value is -5.99. The summed E-state index contributed by atoms with van der Waals surface area (Å²) in [5.74, 6) is 1.52. The van der Waals surface area contributed by atoms with Gasteiger partial charge in [0.15, 0.2) is 0 Å². The molecule has 0 saturated carbocycles. The molecule has 95 heavy (non-hydrogen) atoms. The summed E-state index contributed by atoms with van der Waals surface area (Å²) >= 11 is 14.1. The number of aromatic nitrogens is 2. The topological polar surface area (TPSA) is 68.8 Å². The smallest absolute Gasteiger partial charge is 0.147 e. The molecule has 0 bridgehead atoms. The molecular formula is C86H108Cl2HfN2O4-2. The zero-order valence-corrected chi connectivity index (χ0v) is 67.1. The number of rotatable bonds is 14. The molecule has 2 heterocycles. The van der Waals surface area contributed by atoms with E-state index in [1.807, 2.05) is 37.3 Å². The van der Waals surface area contributed by atoms with Gasteiger partial charge >= 0.3 is 0 Å². The Morgan fingerprint density at radius 2 is 0.705 bits per heavy atom. The monoisotopic (exact) mass is 1480 g/mol. The van der Waals surface area contributed by atoms with Crippen molar-refractivity contribution in [3.05, 3.63) is 191 Å². The first-order valence-corrected chi connectivity index (χ1v) is 34.0. The van der Waals surface area contributed by atoms with Gasteiger partial charge in [0.2, 0.25) is 0 Å². The van der Waals surface area contributed by atoms with Crippen molar-refractivity contribution in [2.45, 2.75) is 211 Å². The molecule has 0 aliphatic heterocycles. The van der Waals surface area contributed by atoms with Crippen LogP contribution in [-0.4, -0.2) is 32.6 Å². The fourth-order valence-electron chi connectivity index (χ4n) is 14.4. The zero-order valence-electron chi connectivity index (χ0n) is 62.0. The second-order valence-electron chi connectivity index (χ2n) is 34.4. The molecule has 0 radical (unpaired) electrons. The van der Waals surface area contributed by atoms with Crippen LogP contribution in [0.25, 0.3) is 77.2 Å². The molecule has 0 unspecified atom stereocenters. The number of halogens is 2. The summed E-state index contributed by atoms with van der Waals surface area (Å²) in [7, 11) is 0. The zero-order chi connectivity index (χ0) is 67.5. The van der Waals surface area contributed by atoms with Crippen LogP contribution in [0.15, 0.2) is 127 Å². The van der Waals surface area contributed by atoms with Gasteiger partial charge < -0.3 is 43.7 Å². The molecule has 9 heteroatoms. The minimum Gasteiger partial charge on any atom is -0.505 e. The first-order valence-electron chi connectivity index (χ1n) is 33.2. The molecule has 10 aromatic rings. The number of phenols is 2. The maximum Gasteiger partial charge on any atom is 0.147 e. The van der Waals surface area contributed by atoms with Crippen molar-refractivity contribution in [2.75, 3.05) is 13.2 Å². The predicted octanol–water partition coefficient (Wildman–Crippen LogP) is 25.6. The quantitative estimate of drug-likeness (QED) is 0.0647. The third kappa shape index (κ3) is 15.8. The number of nitrogens with zero attached hydrogens (tertiary/aromatic N) is 2. The summed E-state index contributed by atoms with van der Waals surface area (Å²) in [5, 5.41) is 32.0. The average molecular weight is 1480 g/mol. The molecule has 10 rings (SSSR count). The Kier molecular flexibility index (Phi) is 21.7. The van der Waals surface area contributed by atoms with Gasteiger partial charge in [-0.2, -0.15) is 0 Å². The molecule has 2 N–H and O–H groups in total. The van der Waals surface area contributed by atoms with Crippen LogP contribution in [0.3, 0.4) is 0 Å². The van der Waals surface area contributed by atoms with Crippen molar-refractivity contribution in [1.29, 1.82) is 0 Å². The average Bonchev–Trinajstić information content (AvgIpc) is 1.61. The predicted molar refractivity (Wildman–Crippen MR) is 408 cm³/mol. The van der Waals surface area contributed by atoms with E-state index in [2.05, 4.69) is 259 Å². The van der Waals surface area contributed by atoms with E-state index in [0.29, 0.717) is 74.8 Å². The van der Waals surface area contributed by atoms with Crippen LogP contribution in [0.1, 0.15) is 211 Å². The number of aryl methyl sites for hydroxylation is 1. The van der Waals surface area contributed by atoms with Gasteiger partial charge in [-0.25, -0.2) is 0 Å². The SMILES string of the molecule is Cc1cc(Cl)cc(-c2cc(C(C)(C)CC(C)(C)C)cc(-n3c4ccc(C(C)(C)C)cc4c4cc(C(C)(C)C)ccc43)c2O)c1OCCCOc1ccc(Cl)cc1-c1cc(C(C)(C)CC(C)(C)C)cc(-n2c3ccc(C(C)(C)C)cc3c3cc(C(C)(C)C)ccc32)c1O.[CH3-].[CH3-].[Hf]. The number of ether oxygens (including phenoxy) is 2. The third-order valence-electron chi connectivity index (χ3n) is 18.7. The Bertz CT molecular complexity index is 4350. The van der Waals surface area contributed by atoms with Crippen molar-refractivity contribution in [3.8, 4) is 56.6 Å². The molecule has 0 fully saturated rings. The fraction of sp³-hybridized carbons (Fsp3) is 0.419. The molecule has 8 aromatic carbocycles. The normalized spacial score (nSPS) is 12.9. The minimum atomic E-state index is -0.306. The molecule has 0 aliphatic carbocycles. The van der Waals surface area contributed by atoms with Gasteiger partial charge in [-0.1, -0.05) is 200 Å². The van der Waals surface area contributed by atoms with Crippen LogP contribution >= 0.6 is 23.2 Å². The molecular weight excluding hydrogens is 1370 g/mol. The summed E-state index contributed by atoms with van der Waals surface area (Å²) in [4.78, 5) is 0. The molecule has 0 amide bonds. The molecule has 2 aromatic heterocycles. The van der Waals surface area contributed by atoms with Crippen LogP contribution in [-0.2, 0) is 58.3 Å². The molecule has 0 aliphatic rings. The maximum absolute atomic E-state index is 13.2. The molecule has 6 nitrogen and oxygen atoms in total. The maximum atomic E-state index is 13.2. The van der Waals surface area contributed by atoms with Gasteiger partial charge in [0, 0.05) is 86.1 Å². The van der Waals surface area contributed by atoms with Gasteiger partial charge in [0.05, 0.1) is 46.7 Å². The summed E-state index contributed by atoms with van der Waals surface area (Å²) < 4.78 is 18.3. The number of phenolic OH excluding ortho intramolecular Hbond substituents is 2. The first-order chi connectivity index (χ1) is 42.4. The van der Waals surface area contributed by atoms with E-state index in [1.165, 1.54) is 22.3 Å². The summed E-state index contributed by atoms with van der Waals surface area (Å²) in [6, 6.07) is 45.5. The van der Waals surface area contributed by atoms with Crippen molar-refractivity contribution < 1.29 is 45.5 Å². The van der Waals surface area contributed by atoms with Gasteiger partial charge in [-0.15, -0.1) is 0 Å². The van der Waals surface area contributed by atoms with Crippen molar-refractivity contribution in [2.24, 2.45) is 10.8 Å². The molecule has 0 spiro atoms. The van der Waals surface area contributed by atoms with Gasteiger partial charge in [-0.3, -0.25) is 0 Å². The van der Waals surface area contributed by atoms with Crippen LogP contribution < -0.4 is 9.47 Å². The van der Waals surface area contributed by atoms with Crippen molar-refractivity contribution >= 4 is 66.8 Å². The number of hydrogen-bond acceptors (Lipinski definition) is 4. The van der Waals surface area contributed by atoms with Gasteiger partial charge in [0.1, 0.15) is 23.0 Å². The molecule has 506 valence electrons. The number of hydrogen-bond donors (Lipinski definition) is 2. The van der Waals surface area contributed by atoms with Crippen molar-refractivity contribution in [1.82, 2.24) is 9.13 Å². The third-order valence-corrected chi connectivity index (χ3v) is 19.2. The van der Waals surface area contributed by atoms with Crippen LogP contribution in [0.5, 0.6) is 23.0 Å². The Morgan fingerprint density at radius 1 is 0.368 bits per heavy atom. The Morgan fingerprint density at radius 3 is 1.05 bits per heavy atom. The molecule has 0 atom stereocenters. The fourth-order valence-corrected chi connectivity index (χ4v) is 14.9. The van der Waals surface area contributed by atoms with E-state index in [-0.39, 0.29) is 95.5 Å². The van der Waals surface area contributed by atoms with Gasteiger partial charge in [-0.05, 0) is 205 Å². The van der Waals surface area contributed by atoms with Crippen molar-refractivity contribution in [3.63, 3.8) is 0 Å². The van der Waals surface area contributed by atoms with E-state index in [9.17, 15) is 10.2 Å². The van der Waals surface area contributed by atoms with E-state index in [0.717, 1.165) is 73.1 Å². The Labute approximate surface area is 599 Å².